The number of halogens is 3. The summed E-state index contributed by atoms with van der Waals surface area (Å²) in [5, 5.41) is 0.287. The van der Waals surface area contributed by atoms with Gasteiger partial charge in [0, 0.05) is 31.0 Å². The number of fused-ring (bicyclic) bond motifs is 2. The standard InChI is InChI=1S/C25H31F3N4O3/c1-23(2)34-15-25(35-23)6-4-7-31(13-25)21-18-9-16(26)10-19(28)20(18)29-22(30-21)33-14-24-5-3-8-32(24)12-17(27)11-24/h9-10,17H,3-8,11-15H2,1-2H3/t17-,24+,25?/m1/s1. The molecular weight excluding hydrogens is 461 g/mol. The summed E-state index contributed by atoms with van der Waals surface area (Å²) in [6, 6.07) is 2.10. The number of nitrogens with zero attached hydrogens (tertiary/aromatic N) is 4. The second-order valence-corrected chi connectivity index (χ2v) is 11.0. The van der Waals surface area contributed by atoms with E-state index in [9.17, 15) is 13.2 Å². The summed E-state index contributed by atoms with van der Waals surface area (Å²) in [5.74, 6) is -1.74. The average molecular weight is 493 g/mol. The predicted octanol–water partition coefficient (Wildman–Crippen LogP) is 3.99. The fourth-order valence-corrected chi connectivity index (χ4v) is 6.44. The molecule has 190 valence electrons. The van der Waals surface area contributed by atoms with E-state index >= 15 is 0 Å². The molecule has 1 aromatic carbocycles. The zero-order valence-electron chi connectivity index (χ0n) is 20.2. The SMILES string of the molecule is CC1(C)OCC2(CCCN(c3nc(OC[C@@]45CCCN4C[C@H](F)C5)nc4c(F)cc(F)cc34)C2)O1. The van der Waals surface area contributed by atoms with Crippen molar-refractivity contribution in [3.8, 4) is 6.01 Å². The van der Waals surface area contributed by atoms with Crippen LogP contribution in [0.5, 0.6) is 6.01 Å². The molecule has 5 heterocycles. The number of aromatic nitrogens is 2. The Balaban J connectivity index is 1.34. The Morgan fingerprint density at radius 1 is 1.14 bits per heavy atom. The molecule has 4 aliphatic rings. The van der Waals surface area contributed by atoms with Crippen LogP contribution < -0.4 is 9.64 Å². The Labute approximate surface area is 202 Å². The first kappa shape index (κ1) is 23.2. The van der Waals surface area contributed by atoms with E-state index in [0.29, 0.717) is 38.5 Å². The predicted molar refractivity (Wildman–Crippen MR) is 123 cm³/mol. The lowest BCUT2D eigenvalue weighted by molar-refractivity contribution is -0.162. The van der Waals surface area contributed by atoms with Gasteiger partial charge in [0.2, 0.25) is 0 Å². The van der Waals surface area contributed by atoms with Gasteiger partial charge in [-0.25, -0.2) is 13.2 Å². The monoisotopic (exact) mass is 492 g/mol. The first-order valence-corrected chi connectivity index (χ1v) is 12.4. The summed E-state index contributed by atoms with van der Waals surface area (Å²) in [6.45, 7) is 6.82. The van der Waals surface area contributed by atoms with Crippen molar-refractivity contribution in [3.63, 3.8) is 0 Å². The van der Waals surface area contributed by atoms with Gasteiger partial charge in [0.1, 0.15) is 35.5 Å². The second-order valence-electron chi connectivity index (χ2n) is 11.0. The van der Waals surface area contributed by atoms with Crippen LogP contribution in [0.25, 0.3) is 10.9 Å². The minimum absolute atomic E-state index is 0.00510. The number of ether oxygens (including phenoxy) is 3. The molecule has 0 saturated carbocycles. The first-order valence-electron chi connectivity index (χ1n) is 12.4. The minimum atomic E-state index is -0.880. The van der Waals surface area contributed by atoms with Crippen molar-refractivity contribution in [2.24, 2.45) is 0 Å². The Morgan fingerprint density at radius 2 is 1.97 bits per heavy atom. The van der Waals surface area contributed by atoms with Crippen LogP contribution in [-0.4, -0.2) is 77.4 Å². The highest BCUT2D eigenvalue weighted by Crippen LogP contribution is 2.42. The van der Waals surface area contributed by atoms with Crippen LogP contribution in [0, 0.1) is 11.6 Å². The molecule has 2 aromatic rings. The highest BCUT2D eigenvalue weighted by atomic mass is 19.1. The van der Waals surface area contributed by atoms with Crippen molar-refractivity contribution in [1.29, 1.82) is 0 Å². The molecule has 4 saturated heterocycles. The molecule has 1 spiro atoms. The molecule has 0 radical (unpaired) electrons. The van der Waals surface area contributed by atoms with Gasteiger partial charge >= 0.3 is 6.01 Å². The van der Waals surface area contributed by atoms with Gasteiger partial charge in [-0.1, -0.05) is 0 Å². The highest BCUT2D eigenvalue weighted by molar-refractivity contribution is 5.90. The quantitative estimate of drug-likeness (QED) is 0.640. The first-order chi connectivity index (χ1) is 16.7. The molecule has 4 aliphatic heterocycles. The zero-order valence-corrected chi connectivity index (χ0v) is 20.2. The van der Waals surface area contributed by atoms with E-state index in [1.165, 1.54) is 6.07 Å². The number of rotatable bonds is 4. The van der Waals surface area contributed by atoms with Crippen LogP contribution in [-0.2, 0) is 9.47 Å². The van der Waals surface area contributed by atoms with E-state index in [2.05, 4.69) is 14.9 Å². The van der Waals surface area contributed by atoms with E-state index in [0.717, 1.165) is 38.3 Å². The maximum Gasteiger partial charge on any atom is 0.319 e. The van der Waals surface area contributed by atoms with Crippen molar-refractivity contribution in [2.45, 2.75) is 69.1 Å². The van der Waals surface area contributed by atoms with Gasteiger partial charge in [0.25, 0.3) is 0 Å². The summed E-state index contributed by atoms with van der Waals surface area (Å²) in [5.41, 5.74) is -0.893. The Kier molecular flexibility index (Phi) is 5.43. The van der Waals surface area contributed by atoms with Gasteiger partial charge in [-0.2, -0.15) is 9.97 Å². The van der Waals surface area contributed by atoms with E-state index in [1.807, 2.05) is 18.7 Å². The van der Waals surface area contributed by atoms with Gasteiger partial charge in [-0.3, -0.25) is 4.90 Å². The minimum Gasteiger partial charge on any atom is -0.461 e. The van der Waals surface area contributed by atoms with E-state index < -0.39 is 29.2 Å². The normalized spacial score (nSPS) is 32.6. The smallest absolute Gasteiger partial charge is 0.319 e. The second kappa shape index (κ2) is 8.18. The van der Waals surface area contributed by atoms with Crippen LogP contribution in [0.4, 0.5) is 19.0 Å². The van der Waals surface area contributed by atoms with Gasteiger partial charge in [0.15, 0.2) is 11.6 Å². The Morgan fingerprint density at radius 3 is 2.77 bits per heavy atom. The van der Waals surface area contributed by atoms with Gasteiger partial charge in [-0.05, 0) is 52.1 Å². The molecule has 0 aliphatic carbocycles. The topological polar surface area (TPSA) is 60.0 Å². The number of piperidine rings is 1. The number of anilines is 1. The fraction of sp³-hybridized carbons (Fsp3) is 0.680. The molecule has 0 N–H and O–H groups in total. The molecule has 7 nitrogen and oxygen atoms in total. The summed E-state index contributed by atoms with van der Waals surface area (Å²) >= 11 is 0. The summed E-state index contributed by atoms with van der Waals surface area (Å²) in [4.78, 5) is 13.1. The molecule has 1 aromatic heterocycles. The summed E-state index contributed by atoms with van der Waals surface area (Å²) in [7, 11) is 0. The van der Waals surface area contributed by atoms with Crippen molar-refractivity contribution < 1.29 is 27.4 Å². The van der Waals surface area contributed by atoms with E-state index in [-0.39, 0.29) is 29.1 Å². The average Bonchev–Trinajstić information content (AvgIpc) is 3.41. The van der Waals surface area contributed by atoms with Crippen molar-refractivity contribution >= 4 is 16.7 Å². The highest BCUT2D eigenvalue weighted by Gasteiger charge is 2.50. The Bertz CT molecular complexity index is 1150. The molecule has 6 rings (SSSR count). The van der Waals surface area contributed by atoms with Crippen molar-refractivity contribution in [1.82, 2.24) is 14.9 Å². The largest absolute Gasteiger partial charge is 0.461 e. The van der Waals surface area contributed by atoms with E-state index in [4.69, 9.17) is 14.2 Å². The lowest BCUT2D eigenvalue weighted by Gasteiger charge is -2.40. The van der Waals surface area contributed by atoms with Gasteiger partial charge in [-0.15, -0.1) is 0 Å². The molecule has 0 bridgehead atoms. The molecule has 35 heavy (non-hydrogen) atoms. The van der Waals surface area contributed by atoms with Crippen molar-refractivity contribution in [3.05, 3.63) is 23.8 Å². The lowest BCUT2D eigenvalue weighted by atomic mass is 9.93. The number of benzene rings is 1. The number of alkyl halides is 1. The maximum atomic E-state index is 14.9. The molecule has 1 unspecified atom stereocenters. The van der Waals surface area contributed by atoms with Crippen LogP contribution in [0.15, 0.2) is 12.1 Å². The Hall–Kier alpha value is -2.17. The van der Waals surface area contributed by atoms with E-state index in [1.54, 1.807) is 0 Å². The molecule has 3 atom stereocenters. The van der Waals surface area contributed by atoms with Crippen molar-refractivity contribution in [2.75, 3.05) is 44.3 Å². The lowest BCUT2D eigenvalue weighted by Crippen LogP contribution is -2.51. The van der Waals surface area contributed by atoms with Crippen LogP contribution in [0.3, 0.4) is 0 Å². The van der Waals surface area contributed by atoms with Gasteiger partial charge in [0.05, 0.1) is 18.7 Å². The third-order valence-corrected chi connectivity index (χ3v) is 7.89. The van der Waals surface area contributed by atoms with Crippen LogP contribution >= 0.6 is 0 Å². The molecule has 0 amide bonds. The van der Waals surface area contributed by atoms with Crippen LogP contribution in [0.2, 0.25) is 0 Å². The number of hydrogen-bond donors (Lipinski definition) is 0. The molecule has 4 fully saturated rings. The molecular formula is C25H31F3N4O3. The van der Waals surface area contributed by atoms with Gasteiger partial charge < -0.3 is 19.1 Å². The number of hydrogen-bond acceptors (Lipinski definition) is 7. The van der Waals surface area contributed by atoms with Crippen LogP contribution in [0.1, 0.15) is 46.0 Å². The molecule has 10 heteroatoms. The summed E-state index contributed by atoms with van der Waals surface area (Å²) < 4.78 is 61.5. The summed E-state index contributed by atoms with van der Waals surface area (Å²) in [6.07, 6.45) is 3.00. The third kappa shape index (κ3) is 4.13. The third-order valence-electron chi connectivity index (χ3n) is 7.89. The fourth-order valence-electron chi connectivity index (χ4n) is 6.44. The zero-order chi connectivity index (χ0) is 24.4. The maximum absolute atomic E-state index is 14.9.